The summed E-state index contributed by atoms with van der Waals surface area (Å²) < 4.78 is 37.6. The Kier molecular flexibility index (Phi) is 3.42. The number of H-pyrrole nitrogens is 1. The van der Waals surface area contributed by atoms with Crippen LogP contribution in [0.4, 0.5) is 18.9 Å². The molecule has 1 aliphatic rings. The number of halogens is 3. The number of anilines is 1. The molecule has 116 valence electrons. The Morgan fingerprint density at radius 3 is 2.77 bits per heavy atom. The van der Waals surface area contributed by atoms with Gasteiger partial charge in [-0.15, -0.1) is 0 Å². The molecular formula is C15H14F3N3O. The van der Waals surface area contributed by atoms with E-state index in [9.17, 15) is 18.0 Å². The first-order valence-electron chi connectivity index (χ1n) is 6.84. The van der Waals surface area contributed by atoms with Crippen LogP contribution in [0.3, 0.4) is 0 Å². The maximum atomic E-state index is 12.5. The summed E-state index contributed by atoms with van der Waals surface area (Å²) in [6, 6.07) is 5.31. The molecule has 0 saturated carbocycles. The number of imidazole rings is 1. The number of aromatic nitrogens is 2. The highest BCUT2D eigenvalue weighted by molar-refractivity contribution is 5.96. The van der Waals surface area contributed by atoms with Crippen molar-refractivity contribution in [1.82, 2.24) is 9.97 Å². The Hall–Kier alpha value is -2.31. The van der Waals surface area contributed by atoms with Crippen LogP contribution in [0.25, 0.3) is 11.3 Å². The third-order valence-corrected chi connectivity index (χ3v) is 3.69. The molecule has 0 spiro atoms. The van der Waals surface area contributed by atoms with Gasteiger partial charge >= 0.3 is 6.18 Å². The molecule has 2 heterocycles. The molecule has 1 aromatic carbocycles. The molecule has 1 unspecified atom stereocenters. The molecule has 0 aliphatic carbocycles. The largest absolute Gasteiger partial charge is 0.389 e. The molecule has 4 nitrogen and oxygen atoms in total. The van der Waals surface area contributed by atoms with Crippen molar-refractivity contribution in [1.29, 1.82) is 0 Å². The summed E-state index contributed by atoms with van der Waals surface area (Å²) in [6.45, 7) is 1.82. The van der Waals surface area contributed by atoms with Crippen LogP contribution >= 0.6 is 0 Å². The maximum absolute atomic E-state index is 12.5. The van der Waals surface area contributed by atoms with Gasteiger partial charge in [0.25, 0.3) is 0 Å². The summed E-state index contributed by atoms with van der Waals surface area (Å²) in [5, 5.41) is 2.55. The van der Waals surface area contributed by atoms with Crippen LogP contribution in [0.15, 0.2) is 24.4 Å². The maximum Gasteiger partial charge on any atom is 0.389 e. The Morgan fingerprint density at radius 2 is 2.14 bits per heavy atom. The van der Waals surface area contributed by atoms with Crippen LogP contribution in [-0.2, 0) is 11.2 Å². The standard InChI is InChI=1S/C15H14F3N3O/c1-8-19-7-13(20-8)9-2-3-12-10(4-9)5-11(14(22)21-12)6-15(16,17)18/h2-4,7,11H,5-6H2,1H3,(H,19,20)(H,21,22). The predicted molar refractivity (Wildman–Crippen MR) is 75.3 cm³/mol. The van der Waals surface area contributed by atoms with E-state index < -0.39 is 24.4 Å². The minimum atomic E-state index is -4.35. The predicted octanol–water partition coefficient (Wildman–Crippen LogP) is 3.45. The summed E-state index contributed by atoms with van der Waals surface area (Å²) in [5.74, 6) is -0.891. The SMILES string of the molecule is Cc1ncc(-c2ccc3c(c2)CC(CC(F)(F)F)C(=O)N3)[nH]1. The topological polar surface area (TPSA) is 57.8 Å². The third-order valence-electron chi connectivity index (χ3n) is 3.69. The number of aryl methyl sites for hydroxylation is 1. The number of carbonyl (C=O) groups excluding carboxylic acids is 1. The van der Waals surface area contributed by atoms with Gasteiger partial charge in [-0.25, -0.2) is 4.98 Å². The van der Waals surface area contributed by atoms with Gasteiger partial charge in [-0.05, 0) is 36.6 Å². The minimum Gasteiger partial charge on any atom is -0.342 e. The highest BCUT2D eigenvalue weighted by Gasteiger charge is 2.37. The van der Waals surface area contributed by atoms with E-state index >= 15 is 0 Å². The monoisotopic (exact) mass is 309 g/mol. The number of nitrogens with one attached hydrogen (secondary N) is 2. The molecule has 0 fully saturated rings. The fourth-order valence-corrected chi connectivity index (χ4v) is 2.66. The van der Waals surface area contributed by atoms with Gasteiger partial charge in [-0.3, -0.25) is 4.79 Å². The molecule has 1 aliphatic heterocycles. The van der Waals surface area contributed by atoms with Crippen LogP contribution in [0.1, 0.15) is 17.8 Å². The Morgan fingerprint density at radius 1 is 1.36 bits per heavy atom. The first-order chi connectivity index (χ1) is 10.3. The van der Waals surface area contributed by atoms with Crippen molar-refractivity contribution in [3.63, 3.8) is 0 Å². The normalized spacial score (nSPS) is 18.0. The Bertz CT molecular complexity index is 721. The average Bonchev–Trinajstić information content (AvgIpc) is 2.84. The lowest BCUT2D eigenvalue weighted by molar-refractivity contribution is -0.152. The van der Waals surface area contributed by atoms with Crippen LogP contribution in [0, 0.1) is 12.8 Å². The fourth-order valence-electron chi connectivity index (χ4n) is 2.66. The number of fused-ring (bicyclic) bond motifs is 1. The van der Waals surface area contributed by atoms with Crippen molar-refractivity contribution in [2.45, 2.75) is 25.9 Å². The van der Waals surface area contributed by atoms with Gasteiger partial charge in [-0.2, -0.15) is 13.2 Å². The molecular weight excluding hydrogens is 295 g/mol. The number of alkyl halides is 3. The van der Waals surface area contributed by atoms with Crippen LogP contribution in [0.5, 0.6) is 0 Å². The van der Waals surface area contributed by atoms with Crippen molar-refractivity contribution in [2.24, 2.45) is 5.92 Å². The molecule has 1 atom stereocenters. The minimum absolute atomic E-state index is 0.0850. The van der Waals surface area contributed by atoms with E-state index in [0.29, 0.717) is 11.3 Å². The number of amides is 1. The van der Waals surface area contributed by atoms with Gasteiger partial charge in [0.05, 0.1) is 24.2 Å². The van der Waals surface area contributed by atoms with Crippen molar-refractivity contribution in [3.05, 3.63) is 35.8 Å². The highest BCUT2D eigenvalue weighted by Crippen LogP contribution is 2.34. The van der Waals surface area contributed by atoms with E-state index in [0.717, 1.165) is 17.1 Å². The van der Waals surface area contributed by atoms with Gasteiger partial charge in [0.15, 0.2) is 0 Å². The molecule has 22 heavy (non-hydrogen) atoms. The first kappa shape index (κ1) is 14.6. The molecule has 0 bridgehead atoms. The van der Waals surface area contributed by atoms with Crippen molar-refractivity contribution in [2.75, 3.05) is 5.32 Å². The number of rotatable bonds is 2. The van der Waals surface area contributed by atoms with E-state index in [1.807, 2.05) is 6.92 Å². The zero-order valence-electron chi connectivity index (χ0n) is 11.8. The highest BCUT2D eigenvalue weighted by atomic mass is 19.4. The van der Waals surface area contributed by atoms with Gasteiger partial charge in [-0.1, -0.05) is 6.07 Å². The third kappa shape index (κ3) is 2.98. The molecule has 0 radical (unpaired) electrons. The first-order valence-corrected chi connectivity index (χ1v) is 6.84. The van der Waals surface area contributed by atoms with E-state index in [2.05, 4.69) is 15.3 Å². The van der Waals surface area contributed by atoms with Gasteiger partial charge < -0.3 is 10.3 Å². The zero-order chi connectivity index (χ0) is 15.9. The Labute approximate surface area is 124 Å². The van der Waals surface area contributed by atoms with E-state index in [-0.39, 0.29) is 6.42 Å². The molecule has 2 N–H and O–H groups in total. The molecule has 1 amide bonds. The second-order valence-electron chi connectivity index (χ2n) is 5.46. The molecule has 7 heteroatoms. The number of carbonyl (C=O) groups is 1. The Balaban J connectivity index is 1.89. The lowest BCUT2D eigenvalue weighted by Crippen LogP contribution is -2.33. The summed E-state index contributed by atoms with van der Waals surface area (Å²) in [6.07, 6.45) is -3.70. The summed E-state index contributed by atoms with van der Waals surface area (Å²) in [7, 11) is 0. The lowest BCUT2D eigenvalue weighted by Gasteiger charge is -2.25. The summed E-state index contributed by atoms with van der Waals surface area (Å²) in [4.78, 5) is 19.0. The fraction of sp³-hybridized carbons (Fsp3) is 0.333. The van der Waals surface area contributed by atoms with E-state index in [1.165, 1.54) is 0 Å². The number of hydrogen-bond donors (Lipinski definition) is 2. The summed E-state index contributed by atoms with van der Waals surface area (Å²) in [5.41, 5.74) is 2.91. The molecule has 3 rings (SSSR count). The van der Waals surface area contributed by atoms with Crippen LogP contribution in [-0.4, -0.2) is 22.1 Å². The lowest BCUT2D eigenvalue weighted by atomic mass is 9.89. The quantitative estimate of drug-likeness (QED) is 0.892. The van der Waals surface area contributed by atoms with Gasteiger partial charge in [0.2, 0.25) is 5.91 Å². The molecule has 2 aromatic rings. The number of aromatic amines is 1. The summed E-state index contributed by atoms with van der Waals surface area (Å²) >= 11 is 0. The van der Waals surface area contributed by atoms with Crippen LogP contribution < -0.4 is 5.32 Å². The van der Waals surface area contributed by atoms with Crippen molar-refractivity contribution in [3.8, 4) is 11.3 Å². The van der Waals surface area contributed by atoms with E-state index in [4.69, 9.17) is 0 Å². The molecule has 0 saturated heterocycles. The van der Waals surface area contributed by atoms with Crippen LogP contribution in [0.2, 0.25) is 0 Å². The van der Waals surface area contributed by atoms with Crippen molar-refractivity contribution >= 4 is 11.6 Å². The van der Waals surface area contributed by atoms with Gasteiger partial charge in [0.1, 0.15) is 5.82 Å². The van der Waals surface area contributed by atoms with E-state index in [1.54, 1.807) is 24.4 Å². The number of benzene rings is 1. The molecule has 1 aromatic heterocycles. The zero-order valence-corrected chi connectivity index (χ0v) is 11.8. The smallest absolute Gasteiger partial charge is 0.342 e. The van der Waals surface area contributed by atoms with Gasteiger partial charge in [0, 0.05) is 5.69 Å². The van der Waals surface area contributed by atoms with Crippen molar-refractivity contribution < 1.29 is 18.0 Å². The average molecular weight is 309 g/mol. The number of hydrogen-bond acceptors (Lipinski definition) is 2. The number of nitrogens with zero attached hydrogens (tertiary/aromatic N) is 1. The second kappa shape index (κ2) is 5.15. The second-order valence-corrected chi connectivity index (χ2v) is 5.46.